The van der Waals surface area contributed by atoms with Gasteiger partial charge in [-0.2, -0.15) is 0 Å². The van der Waals surface area contributed by atoms with E-state index >= 15 is 0 Å². The van der Waals surface area contributed by atoms with E-state index in [0.29, 0.717) is 5.75 Å². The maximum absolute atomic E-state index is 11.2. The summed E-state index contributed by atoms with van der Waals surface area (Å²) in [4.78, 5) is 0.0985. The highest BCUT2D eigenvalue weighted by atomic mass is 32.2. The van der Waals surface area contributed by atoms with E-state index in [1.807, 2.05) is 0 Å². The van der Waals surface area contributed by atoms with E-state index in [2.05, 4.69) is 11.8 Å². The van der Waals surface area contributed by atoms with Crippen LogP contribution in [-0.4, -0.2) is 15.0 Å². The molecule has 0 spiro atoms. The van der Waals surface area contributed by atoms with E-state index in [9.17, 15) is 8.42 Å². The molecule has 0 aliphatic heterocycles. The molecule has 5 heteroatoms. The molecular weight excluding hydrogens is 238 g/mol. The minimum absolute atomic E-state index is 0.0985. The minimum atomic E-state index is -3.67. The molecule has 0 unspecified atom stereocenters. The number of ether oxygens (including phenoxy) is 1. The van der Waals surface area contributed by atoms with Gasteiger partial charge in [0.2, 0.25) is 10.0 Å². The van der Waals surface area contributed by atoms with Crippen LogP contribution >= 0.6 is 0 Å². The predicted octanol–water partition coefficient (Wildman–Crippen LogP) is 1.35. The van der Waals surface area contributed by atoms with Gasteiger partial charge in [0.1, 0.15) is 12.4 Å². The van der Waals surface area contributed by atoms with Crippen molar-refractivity contribution in [3.8, 4) is 17.6 Å². The molecule has 0 aliphatic carbocycles. The van der Waals surface area contributed by atoms with Crippen LogP contribution in [0.3, 0.4) is 0 Å². The van der Waals surface area contributed by atoms with Gasteiger partial charge in [0, 0.05) is 0 Å². The lowest BCUT2D eigenvalue weighted by Crippen LogP contribution is -2.13. The fourth-order valence-corrected chi connectivity index (χ4v) is 2.16. The number of nitrogens with two attached hydrogens (primary N) is 1. The highest BCUT2D eigenvalue weighted by Gasteiger charge is 2.13. The molecule has 0 saturated carbocycles. The zero-order valence-electron chi connectivity index (χ0n) is 10.1. The normalized spacial score (nSPS) is 10.6. The summed E-state index contributed by atoms with van der Waals surface area (Å²) in [6, 6.07) is 2.99. The lowest BCUT2D eigenvalue weighted by molar-refractivity contribution is 0.364. The van der Waals surface area contributed by atoms with Gasteiger partial charge >= 0.3 is 0 Å². The maximum atomic E-state index is 11.2. The Morgan fingerprint density at radius 2 is 1.82 bits per heavy atom. The number of hydrogen-bond donors (Lipinski definition) is 1. The first-order chi connectivity index (χ1) is 7.86. The average molecular weight is 253 g/mol. The average Bonchev–Trinajstić information content (AvgIpc) is 2.20. The Labute approximate surface area is 102 Å². The molecule has 4 nitrogen and oxygen atoms in total. The summed E-state index contributed by atoms with van der Waals surface area (Å²) in [5.74, 6) is 6.16. The zero-order valence-corrected chi connectivity index (χ0v) is 10.9. The van der Waals surface area contributed by atoms with Gasteiger partial charge in [0.25, 0.3) is 0 Å². The lowest BCUT2D eigenvalue weighted by atomic mass is 10.1. The molecule has 0 atom stereocenters. The quantitative estimate of drug-likeness (QED) is 0.827. The molecule has 0 aliphatic rings. The molecule has 1 rings (SSSR count). The van der Waals surface area contributed by atoms with Crippen molar-refractivity contribution >= 4 is 10.0 Å². The largest absolute Gasteiger partial charge is 0.480 e. The first-order valence-electron chi connectivity index (χ1n) is 5.02. The first-order valence-corrected chi connectivity index (χ1v) is 6.57. The van der Waals surface area contributed by atoms with Gasteiger partial charge in [-0.25, -0.2) is 13.6 Å². The fraction of sp³-hybridized carbons (Fsp3) is 0.333. The summed E-state index contributed by atoms with van der Waals surface area (Å²) in [7, 11) is -3.67. The van der Waals surface area contributed by atoms with Gasteiger partial charge in [0.05, 0.1) is 4.90 Å². The number of primary sulfonamides is 1. The molecule has 1 aromatic rings. The smallest absolute Gasteiger partial charge is 0.238 e. The maximum Gasteiger partial charge on any atom is 0.238 e. The topological polar surface area (TPSA) is 69.4 Å². The highest BCUT2D eigenvalue weighted by Crippen LogP contribution is 2.26. The fourth-order valence-electron chi connectivity index (χ4n) is 1.48. The molecule has 0 saturated heterocycles. The zero-order chi connectivity index (χ0) is 13.1. The van der Waals surface area contributed by atoms with Gasteiger partial charge < -0.3 is 4.74 Å². The van der Waals surface area contributed by atoms with Gasteiger partial charge in [-0.05, 0) is 44.0 Å². The van der Waals surface area contributed by atoms with Gasteiger partial charge in [-0.1, -0.05) is 5.92 Å². The van der Waals surface area contributed by atoms with Crippen molar-refractivity contribution < 1.29 is 13.2 Å². The molecule has 0 radical (unpaired) electrons. The Balaban J connectivity index is 3.14. The molecule has 0 aromatic heterocycles. The third-order valence-corrected chi connectivity index (χ3v) is 3.12. The number of benzene rings is 1. The van der Waals surface area contributed by atoms with Crippen molar-refractivity contribution in [2.75, 3.05) is 6.61 Å². The van der Waals surface area contributed by atoms with Gasteiger partial charge in [-0.15, -0.1) is 5.92 Å². The molecule has 0 fully saturated rings. The SMILES string of the molecule is CC#CCOc1c(C)cc(S(N)(=O)=O)cc1C. The molecule has 17 heavy (non-hydrogen) atoms. The van der Waals surface area contributed by atoms with Gasteiger partial charge in [-0.3, -0.25) is 0 Å². The van der Waals surface area contributed by atoms with E-state index in [0.717, 1.165) is 11.1 Å². The summed E-state index contributed by atoms with van der Waals surface area (Å²) >= 11 is 0. The molecule has 2 N–H and O–H groups in total. The Hall–Kier alpha value is -1.51. The second-order valence-corrected chi connectivity index (χ2v) is 5.21. The van der Waals surface area contributed by atoms with Gasteiger partial charge in [0.15, 0.2) is 0 Å². The Kier molecular flexibility index (Phi) is 4.16. The van der Waals surface area contributed by atoms with E-state index < -0.39 is 10.0 Å². The summed E-state index contributed by atoms with van der Waals surface area (Å²) in [5.41, 5.74) is 1.46. The van der Waals surface area contributed by atoms with Crippen molar-refractivity contribution in [2.24, 2.45) is 5.14 Å². The van der Waals surface area contributed by atoms with E-state index in [-0.39, 0.29) is 11.5 Å². The number of hydrogen-bond acceptors (Lipinski definition) is 3. The second kappa shape index (κ2) is 5.21. The minimum Gasteiger partial charge on any atom is -0.480 e. The molecule has 0 heterocycles. The van der Waals surface area contributed by atoms with E-state index in [4.69, 9.17) is 9.88 Å². The highest BCUT2D eigenvalue weighted by molar-refractivity contribution is 7.89. The van der Waals surface area contributed by atoms with Crippen LogP contribution < -0.4 is 9.88 Å². The van der Waals surface area contributed by atoms with Crippen molar-refractivity contribution in [3.05, 3.63) is 23.3 Å². The van der Waals surface area contributed by atoms with Crippen LogP contribution in [-0.2, 0) is 10.0 Å². The Morgan fingerprint density at radius 3 is 2.24 bits per heavy atom. The van der Waals surface area contributed by atoms with Crippen molar-refractivity contribution in [1.29, 1.82) is 0 Å². The number of sulfonamides is 1. The molecule has 92 valence electrons. The number of rotatable bonds is 3. The molecular formula is C12H15NO3S. The monoisotopic (exact) mass is 253 g/mol. The van der Waals surface area contributed by atoms with Crippen LogP contribution in [0.1, 0.15) is 18.1 Å². The predicted molar refractivity (Wildman–Crippen MR) is 66.2 cm³/mol. The van der Waals surface area contributed by atoms with E-state index in [1.54, 1.807) is 20.8 Å². The third-order valence-electron chi connectivity index (χ3n) is 2.23. The van der Waals surface area contributed by atoms with Crippen LogP contribution in [0.2, 0.25) is 0 Å². The molecule has 0 bridgehead atoms. The van der Waals surface area contributed by atoms with Crippen LogP contribution in [0.5, 0.6) is 5.75 Å². The lowest BCUT2D eigenvalue weighted by Gasteiger charge is -2.11. The van der Waals surface area contributed by atoms with Crippen LogP contribution in [0.4, 0.5) is 0 Å². The van der Waals surface area contributed by atoms with Crippen molar-refractivity contribution in [3.63, 3.8) is 0 Å². The van der Waals surface area contributed by atoms with Crippen molar-refractivity contribution in [1.82, 2.24) is 0 Å². The second-order valence-electron chi connectivity index (χ2n) is 3.65. The van der Waals surface area contributed by atoms with Crippen LogP contribution in [0, 0.1) is 25.7 Å². The summed E-state index contributed by atoms with van der Waals surface area (Å²) in [5, 5.41) is 5.08. The number of aryl methyl sites for hydroxylation is 2. The van der Waals surface area contributed by atoms with Crippen LogP contribution in [0.15, 0.2) is 17.0 Å². The third kappa shape index (κ3) is 3.48. The van der Waals surface area contributed by atoms with Crippen molar-refractivity contribution in [2.45, 2.75) is 25.7 Å². The summed E-state index contributed by atoms with van der Waals surface area (Å²) < 4.78 is 27.9. The Morgan fingerprint density at radius 1 is 1.29 bits per heavy atom. The molecule has 1 aromatic carbocycles. The Bertz CT molecular complexity index is 556. The standard InChI is InChI=1S/C12H15NO3S/c1-4-5-6-16-12-9(2)7-11(8-10(12)3)17(13,14)15/h7-8H,6H2,1-3H3,(H2,13,14,15). The molecule has 0 amide bonds. The van der Waals surface area contributed by atoms with E-state index in [1.165, 1.54) is 12.1 Å². The first kappa shape index (κ1) is 13.6. The summed E-state index contributed by atoms with van der Waals surface area (Å²) in [6.45, 7) is 5.56. The van der Waals surface area contributed by atoms with Crippen LogP contribution in [0.25, 0.3) is 0 Å². The summed E-state index contributed by atoms with van der Waals surface area (Å²) in [6.07, 6.45) is 0.